The Hall–Kier alpha value is -2.87. The van der Waals surface area contributed by atoms with Gasteiger partial charge in [-0.1, -0.05) is 6.07 Å². The van der Waals surface area contributed by atoms with E-state index in [1.807, 2.05) is 19.1 Å². The maximum atomic E-state index is 12.0. The lowest BCUT2D eigenvalue weighted by molar-refractivity contribution is -0.120. The van der Waals surface area contributed by atoms with E-state index < -0.39 is 24.4 Å². The second-order valence-corrected chi connectivity index (χ2v) is 6.24. The first-order valence-electron chi connectivity index (χ1n) is 7.59. The third kappa shape index (κ3) is 5.89. The predicted molar refractivity (Wildman–Crippen MR) is 98.9 cm³/mol. The van der Waals surface area contributed by atoms with Crippen LogP contribution in [0, 0.1) is 6.92 Å². The summed E-state index contributed by atoms with van der Waals surface area (Å²) in [4.78, 5) is 34.5. The van der Waals surface area contributed by atoms with Gasteiger partial charge in [-0.25, -0.2) is 4.79 Å². The van der Waals surface area contributed by atoms with Gasteiger partial charge in [0.05, 0.1) is 11.3 Å². The van der Waals surface area contributed by atoms with Crippen LogP contribution in [0.5, 0.6) is 5.75 Å². The number of nitrogens with one attached hydrogen (secondary N) is 1. The molecule has 0 saturated carbocycles. The summed E-state index contributed by atoms with van der Waals surface area (Å²) < 4.78 is 10.8. The van der Waals surface area contributed by atoms with Crippen molar-refractivity contribution in [1.29, 1.82) is 0 Å². The minimum atomic E-state index is -0.649. The van der Waals surface area contributed by atoms with E-state index in [0.29, 0.717) is 11.4 Å². The Morgan fingerprint density at radius 3 is 2.38 bits per heavy atom. The van der Waals surface area contributed by atoms with Crippen LogP contribution in [0.2, 0.25) is 0 Å². The van der Waals surface area contributed by atoms with Crippen molar-refractivity contribution in [2.24, 2.45) is 5.73 Å². The highest BCUT2D eigenvalue weighted by Crippen LogP contribution is 2.23. The van der Waals surface area contributed by atoms with Crippen LogP contribution in [0.25, 0.3) is 0 Å². The highest BCUT2D eigenvalue weighted by atomic mass is 79.9. The van der Waals surface area contributed by atoms with E-state index in [4.69, 9.17) is 15.2 Å². The largest absolute Gasteiger partial charge is 0.484 e. The maximum absolute atomic E-state index is 12.0. The molecule has 7 nitrogen and oxygen atoms in total. The molecular formula is C18H17BrN2O5. The molecule has 2 aromatic carbocycles. The highest BCUT2D eigenvalue weighted by Gasteiger charge is 2.12. The zero-order chi connectivity index (χ0) is 19.1. The third-order valence-corrected chi connectivity index (χ3v) is 3.86. The number of amides is 2. The number of ether oxygens (including phenoxy) is 2. The fourth-order valence-corrected chi connectivity index (χ4v) is 2.56. The molecule has 0 spiro atoms. The summed E-state index contributed by atoms with van der Waals surface area (Å²) >= 11 is 3.36. The van der Waals surface area contributed by atoms with Crippen LogP contribution in [-0.4, -0.2) is 31.0 Å². The van der Waals surface area contributed by atoms with Crippen molar-refractivity contribution in [2.75, 3.05) is 18.5 Å². The molecule has 0 heterocycles. The molecule has 136 valence electrons. The number of hydrogen-bond acceptors (Lipinski definition) is 5. The summed E-state index contributed by atoms with van der Waals surface area (Å²) in [5, 5.41) is 2.65. The van der Waals surface area contributed by atoms with Gasteiger partial charge in [0.2, 0.25) is 0 Å². The van der Waals surface area contributed by atoms with E-state index >= 15 is 0 Å². The van der Waals surface area contributed by atoms with Gasteiger partial charge in [0, 0.05) is 4.47 Å². The number of carbonyl (C=O) groups is 3. The van der Waals surface area contributed by atoms with Crippen molar-refractivity contribution in [1.82, 2.24) is 0 Å². The summed E-state index contributed by atoms with van der Waals surface area (Å²) in [6, 6.07) is 11.4. The molecule has 0 saturated heterocycles. The minimum absolute atomic E-state index is 0.251. The van der Waals surface area contributed by atoms with Gasteiger partial charge in [-0.2, -0.15) is 0 Å². The van der Waals surface area contributed by atoms with Gasteiger partial charge in [0.25, 0.3) is 11.8 Å². The zero-order valence-corrected chi connectivity index (χ0v) is 15.5. The smallest absolute Gasteiger partial charge is 0.338 e. The Kier molecular flexibility index (Phi) is 6.74. The summed E-state index contributed by atoms with van der Waals surface area (Å²) in [5.41, 5.74) is 6.87. The van der Waals surface area contributed by atoms with E-state index in [9.17, 15) is 14.4 Å². The minimum Gasteiger partial charge on any atom is -0.484 e. The molecular weight excluding hydrogens is 404 g/mol. The van der Waals surface area contributed by atoms with Gasteiger partial charge in [0.15, 0.2) is 13.2 Å². The first kappa shape index (κ1) is 19.5. The molecule has 0 aliphatic carbocycles. The molecule has 2 aromatic rings. The molecule has 0 aliphatic rings. The summed E-state index contributed by atoms with van der Waals surface area (Å²) in [6.45, 7) is 1.26. The Morgan fingerprint density at radius 2 is 1.77 bits per heavy atom. The maximum Gasteiger partial charge on any atom is 0.338 e. The Morgan fingerprint density at radius 1 is 1.08 bits per heavy atom. The summed E-state index contributed by atoms with van der Waals surface area (Å²) in [5.74, 6) is -1.31. The van der Waals surface area contributed by atoms with Gasteiger partial charge < -0.3 is 20.5 Å². The van der Waals surface area contributed by atoms with Crippen molar-refractivity contribution in [3.8, 4) is 5.75 Å². The van der Waals surface area contributed by atoms with Crippen molar-refractivity contribution in [3.63, 3.8) is 0 Å². The quantitative estimate of drug-likeness (QED) is 0.668. The van der Waals surface area contributed by atoms with E-state index in [1.54, 1.807) is 6.07 Å². The monoisotopic (exact) mass is 420 g/mol. The van der Waals surface area contributed by atoms with Gasteiger partial charge >= 0.3 is 5.97 Å². The number of benzene rings is 2. The van der Waals surface area contributed by atoms with E-state index in [1.165, 1.54) is 24.3 Å². The SMILES string of the molecule is Cc1ccc(NC(=O)COC(=O)c2ccc(OCC(N)=O)cc2)c(Br)c1. The van der Waals surface area contributed by atoms with Crippen LogP contribution in [-0.2, 0) is 14.3 Å². The van der Waals surface area contributed by atoms with Gasteiger partial charge in [0.1, 0.15) is 5.75 Å². The lowest BCUT2D eigenvalue weighted by Gasteiger charge is -2.09. The number of esters is 1. The lowest BCUT2D eigenvalue weighted by atomic mass is 10.2. The Balaban J connectivity index is 1.85. The fourth-order valence-electron chi connectivity index (χ4n) is 1.96. The average Bonchev–Trinajstić information content (AvgIpc) is 2.60. The Labute approximate surface area is 158 Å². The van der Waals surface area contributed by atoms with Crippen LogP contribution >= 0.6 is 15.9 Å². The lowest BCUT2D eigenvalue weighted by Crippen LogP contribution is -2.21. The molecule has 2 amide bonds. The Bertz CT molecular complexity index is 821. The molecule has 0 radical (unpaired) electrons. The number of aryl methyl sites for hydroxylation is 1. The summed E-state index contributed by atoms with van der Waals surface area (Å²) in [7, 11) is 0. The van der Waals surface area contributed by atoms with Crippen LogP contribution in [0.1, 0.15) is 15.9 Å². The van der Waals surface area contributed by atoms with Crippen molar-refractivity contribution < 1.29 is 23.9 Å². The van der Waals surface area contributed by atoms with E-state index in [2.05, 4.69) is 21.2 Å². The fraction of sp³-hybridized carbons (Fsp3) is 0.167. The number of rotatable bonds is 7. The third-order valence-electron chi connectivity index (χ3n) is 3.20. The van der Waals surface area contributed by atoms with Gasteiger partial charge in [-0.3, -0.25) is 9.59 Å². The van der Waals surface area contributed by atoms with E-state index in [0.717, 1.165) is 10.0 Å². The van der Waals surface area contributed by atoms with Crippen molar-refractivity contribution in [3.05, 3.63) is 58.1 Å². The molecule has 8 heteroatoms. The van der Waals surface area contributed by atoms with Crippen LogP contribution in [0.4, 0.5) is 5.69 Å². The molecule has 0 bridgehead atoms. The first-order chi connectivity index (χ1) is 12.3. The standard InChI is InChI=1S/C18H17BrN2O5/c1-11-2-7-15(14(19)8-11)21-17(23)10-26-18(24)12-3-5-13(6-4-12)25-9-16(20)22/h2-8H,9-10H2,1H3,(H2,20,22)(H,21,23). The zero-order valence-electron chi connectivity index (χ0n) is 14.0. The first-order valence-corrected chi connectivity index (χ1v) is 8.39. The molecule has 0 fully saturated rings. The topological polar surface area (TPSA) is 108 Å². The average molecular weight is 421 g/mol. The van der Waals surface area contributed by atoms with Crippen molar-refractivity contribution >= 4 is 39.4 Å². The van der Waals surface area contributed by atoms with Gasteiger partial charge in [-0.05, 0) is 64.8 Å². The number of halogens is 1. The second-order valence-electron chi connectivity index (χ2n) is 5.39. The van der Waals surface area contributed by atoms with Gasteiger partial charge in [-0.15, -0.1) is 0 Å². The van der Waals surface area contributed by atoms with Crippen LogP contribution < -0.4 is 15.8 Å². The molecule has 2 rings (SSSR count). The molecule has 0 aliphatic heterocycles. The molecule has 0 unspecified atom stereocenters. The normalized spacial score (nSPS) is 10.1. The van der Waals surface area contributed by atoms with E-state index in [-0.39, 0.29) is 12.2 Å². The number of hydrogen-bond donors (Lipinski definition) is 2. The van der Waals surface area contributed by atoms with Crippen LogP contribution in [0.3, 0.4) is 0 Å². The highest BCUT2D eigenvalue weighted by molar-refractivity contribution is 9.10. The van der Waals surface area contributed by atoms with Crippen LogP contribution in [0.15, 0.2) is 46.9 Å². The molecule has 3 N–H and O–H groups in total. The van der Waals surface area contributed by atoms with Crippen molar-refractivity contribution in [2.45, 2.75) is 6.92 Å². The second kappa shape index (κ2) is 9.00. The number of anilines is 1. The number of carbonyl (C=O) groups excluding carboxylic acids is 3. The molecule has 26 heavy (non-hydrogen) atoms. The molecule has 0 atom stereocenters. The number of primary amides is 1. The predicted octanol–water partition coefficient (Wildman–Crippen LogP) is 2.42. The molecule has 0 aromatic heterocycles. The summed E-state index contributed by atoms with van der Waals surface area (Å²) in [6.07, 6.45) is 0. The number of nitrogens with two attached hydrogens (primary N) is 1.